The molecule has 0 radical (unpaired) electrons. The van der Waals surface area contributed by atoms with E-state index >= 15 is 0 Å². The largest absolute Gasteiger partial charge is 0.387 e. The van der Waals surface area contributed by atoms with Crippen LogP contribution in [-0.4, -0.2) is 16.0 Å². The van der Waals surface area contributed by atoms with E-state index < -0.39 is 6.10 Å². The molecule has 1 amide bonds. The molecule has 1 aromatic heterocycles. The second-order valence-corrected chi connectivity index (χ2v) is 6.96. The van der Waals surface area contributed by atoms with E-state index in [0.717, 1.165) is 18.8 Å². The summed E-state index contributed by atoms with van der Waals surface area (Å²) in [5.41, 5.74) is 0.624. The van der Waals surface area contributed by atoms with Gasteiger partial charge in [0.05, 0.1) is 11.8 Å². The Labute approximate surface area is 131 Å². The predicted molar refractivity (Wildman–Crippen MR) is 86.4 cm³/mol. The lowest BCUT2D eigenvalue weighted by atomic mass is 9.79. The van der Waals surface area contributed by atoms with Crippen molar-refractivity contribution in [3.05, 3.63) is 11.1 Å². The number of aromatic nitrogens is 1. The second-order valence-electron chi connectivity index (χ2n) is 6.10. The third-order valence-corrected chi connectivity index (χ3v) is 5.14. The summed E-state index contributed by atoms with van der Waals surface area (Å²) in [6.45, 7) is 3.91. The van der Waals surface area contributed by atoms with Gasteiger partial charge in [0.1, 0.15) is 0 Å². The van der Waals surface area contributed by atoms with E-state index in [0.29, 0.717) is 10.8 Å². The molecule has 1 fully saturated rings. The number of nitrogens with one attached hydrogen (secondary N) is 1. The molecule has 1 atom stereocenters. The van der Waals surface area contributed by atoms with Gasteiger partial charge < -0.3 is 10.4 Å². The molecule has 1 aromatic rings. The van der Waals surface area contributed by atoms with E-state index in [1.54, 1.807) is 12.3 Å². The first-order valence-electron chi connectivity index (χ1n) is 8.04. The van der Waals surface area contributed by atoms with E-state index in [9.17, 15) is 9.90 Å². The van der Waals surface area contributed by atoms with Crippen LogP contribution in [0.3, 0.4) is 0 Å². The van der Waals surface area contributed by atoms with E-state index in [4.69, 9.17) is 0 Å². The molecule has 0 aromatic carbocycles. The fraction of sp³-hybridized carbons (Fsp3) is 0.750. The summed E-state index contributed by atoms with van der Waals surface area (Å²) in [4.78, 5) is 16.5. The average Bonchev–Trinajstić information content (AvgIpc) is 2.94. The van der Waals surface area contributed by atoms with Gasteiger partial charge in [-0.15, -0.1) is 11.3 Å². The Balaban J connectivity index is 1.79. The number of hydrogen-bond donors (Lipinski definition) is 2. The van der Waals surface area contributed by atoms with E-state index in [2.05, 4.69) is 17.2 Å². The van der Waals surface area contributed by atoms with Gasteiger partial charge in [0.15, 0.2) is 5.13 Å². The Morgan fingerprint density at radius 2 is 2.19 bits per heavy atom. The van der Waals surface area contributed by atoms with Gasteiger partial charge in [-0.3, -0.25) is 4.79 Å². The first kappa shape index (κ1) is 16.4. The highest BCUT2D eigenvalue weighted by atomic mass is 32.1. The van der Waals surface area contributed by atoms with E-state index in [1.807, 2.05) is 0 Å². The first-order valence-corrected chi connectivity index (χ1v) is 8.92. The number of thiazole rings is 1. The second kappa shape index (κ2) is 7.90. The van der Waals surface area contributed by atoms with Crippen molar-refractivity contribution in [3.8, 4) is 0 Å². The molecule has 0 spiro atoms. The summed E-state index contributed by atoms with van der Waals surface area (Å²) < 4.78 is 0. The number of carbonyl (C=O) groups excluding carboxylic acids is 1. The number of amides is 1. The molecule has 0 saturated heterocycles. The van der Waals surface area contributed by atoms with Crippen LogP contribution in [0.4, 0.5) is 5.13 Å². The average molecular weight is 310 g/mol. The molecule has 1 aliphatic carbocycles. The molecule has 4 nitrogen and oxygen atoms in total. The van der Waals surface area contributed by atoms with Gasteiger partial charge in [-0.25, -0.2) is 4.98 Å². The molecule has 0 bridgehead atoms. The van der Waals surface area contributed by atoms with Gasteiger partial charge in [-0.2, -0.15) is 0 Å². The fourth-order valence-electron chi connectivity index (χ4n) is 2.95. The number of aliphatic hydroxyl groups is 1. The Morgan fingerprint density at radius 1 is 1.48 bits per heavy atom. The summed E-state index contributed by atoms with van der Waals surface area (Å²) in [7, 11) is 0. The van der Waals surface area contributed by atoms with Crippen LogP contribution in [0, 0.1) is 11.8 Å². The van der Waals surface area contributed by atoms with Gasteiger partial charge in [0.25, 0.3) is 0 Å². The summed E-state index contributed by atoms with van der Waals surface area (Å²) in [6.07, 6.45) is 7.64. The highest BCUT2D eigenvalue weighted by Crippen LogP contribution is 2.32. The van der Waals surface area contributed by atoms with Crippen molar-refractivity contribution in [2.45, 2.75) is 64.9 Å². The topological polar surface area (TPSA) is 62.2 Å². The molecule has 0 aliphatic heterocycles. The monoisotopic (exact) mass is 310 g/mol. The van der Waals surface area contributed by atoms with Gasteiger partial charge in [0, 0.05) is 11.3 Å². The molecule has 2 N–H and O–H groups in total. The van der Waals surface area contributed by atoms with Crippen molar-refractivity contribution < 1.29 is 9.90 Å². The number of rotatable bonds is 6. The van der Waals surface area contributed by atoms with Crippen LogP contribution < -0.4 is 5.32 Å². The quantitative estimate of drug-likeness (QED) is 0.830. The lowest BCUT2D eigenvalue weighted by Gasteiger charge is -2.27. The Kier molecular flexibility index (Phi) is 6.18. The number of anilines is 1. The van der Waals surface area contributed by atoms with Crippen molar-refractivity contribution >= 4 is 22.4 Å². The van der Waals surface area contributed by atoms with Gasteiger partial charge in [-0.05, 0) is 38.5 Å². The Bertz CT molecular complexity index is 451. The van der Waals surface area contributed by atoms with E-state index in [-0.39, 0.29) is 11.8 Å². The molecule has 1 unspecified atom stereocenters. The predicted octanol–water partition coefficient (Wildman–Crippen LogP) is 4.13. The van der Waals surface area contributed by atoms with Crippen LogP contribution >= 0.6 is 11.3 Å². The maximum Gasteiger partial charge on any atom is 0.229 e. The Hall–Kier alpha value is -0.940. The third-order valence-electron chi connectivity index (χ3n) is 4.36. The molecule has 21 heavy (non-hydrogen) atoms. The minimum Gasteiger partial charge on any atom is -0.387 e. The van der Waals surface area contributed by atoms with E-state index in [1.165, 1.54) is 43.4 Å². The van der Waals surface area contributed by atoms with Crippen LogP contribution in [0.2, 0.25) is 0 Å². The third kappa shape index (κ3) is 4.78. The van der Waals surface area contributed by atoms with Crippen molar-refractivity contribution in [1.82, 2.24) is 4.98 Å². The zero-order valence-electron chi connectivity index (χ0n) is 13.0. The number of aliphatic hydroxyl groups excluding tert-OH is 1. The highest BCUT2D eigenvalue weighted by Gasteiger charge is 2.26. The maximum absolute atomic E-state index is 12.3. The van der Waals surface area contributed by atoms with Crippen molar-refractivity contribution in [2.24, 2.45) is 11.8 Å². The lowest BCUT2D eigenvalue weighted by molar-refractivity contribution is -0.121. The normalized spacial score (nSPS) is 23.8. The minimum atomic E-state index is -0.582. The van der Waals surface area contributed by atoms with Gasteiger partial charge >= 0.3 is 0 Å². The van der Waals surface area contributed by atoms with Crippen LogP contribution in [0.15, 0.2) is 5.38 Å². The summed E-state index contributed by atoms with van der Waals surface area (Å²) in [5.74, 6) is 1.04. The SMILES string of the molecule is CCCCC1CCC(C(=O)Nc2nc(C(C)O)cs2)CC1. The molecular weight excluding hydrogens is 284 g/mol. The number of carbonyl (C=O) groups is 1. The molecule has 1 aliphatic rings. The fourth-order valence-corrected chi connectivity index (χ4v) is 3.75. The molecule has 5 heteroatoms. The van der Waals surface area contributed by atoms with Gasteiger partial charge in [-0.1, -0.05) is 26.2 Å². The molecule has 2 rings (SSSR count). The lowest BCUT2D eigenvalue weighted by Crippen LogP contribution is -2.27. The summed E-state index contributed by atoms with van der Waals surface area (Å²) in [6, 6.07) is 0. The van der Waals surface area contributed by atoms with Crippen LogP contribution in [0.1, 0.15) is 70.6 Å². The molecule has 1 saturated carbocycles. The summed E-state index contributed by atoms with van der Waals surface area (Å²) in [5, 5.41) is 14.7. The molecular formula is C16H26N2O2S. The van der Waals surface area contributed by atoms with Crippen molar-refractivity contribution in [1.29, 1.82) is 0 Å². The zero-order chi connectivity index (χ0) is 15.2. The maximum atomic E-state index is 12.3. The van der Waals surface area contributed by atoms with Crippen LogP contribution in [0.25, 0.3) is 0 Å². The highest BCUT2D eigenvalue weighted by molar-refractivity contribution is 7.13. The smallest absolute Gasteiger partial charge is 0.229 e. The zero-order valence-corrected chi connectivity index (χ0v) is 13.8. The van der Waals surface area contributed by atoms with Crippen molar-refractivity contribution in [3.63, 3.8) is 0 Å². The van der Waals surface area contributed by atoms with Crippen molar-refractivity contribution in [2.75, 3.05) is 5.32 Å². The van der Waals surface area contributed by atoms with Crippen LogP contribution in [0.5, 0.6) is 0 Å². The standard InChI is InChI=1S/C16H26N2O2S/c1-3-4-5-12-6-8-13(9-7-12)15(20)18-16-17-14(10-21-16)11(2)19/h10-13,19H,3-9H2,1-2H3,(H,17,18,20). The number of unbranched alkanes of at least 4 members (excludes halogenated alkanes) is 1. The molecule has 118 valence electrons. The number of nitrogens with zero attached hydrogens (tertiary/aromatic N) is 1. The first-order chi connectivity index (χ1) is 10.1. The summed E-state index contributed by atoms with van der Waals surface area (Å²) >= 11 is 1.38. The van der Waals surface area contributed by atoms with Gasteiger partial charge in [0.2, 0.25) is 5.91 Å². The number of hydrogen-bond acceptors (Lipinski definition) is 4. The minimum absolute atomic E-state index is 0.0930. The Morgan fingerprint density at radius 3 is 2.76 bits per heavy atom. The molecule has 1 heterocycles. The van der Waals surface area contributed by atoms with Crippen LogP contribution in [-0.2, 0) is 4.79 Å².